The van der Waals surface area contributed by atoms with Crippen molar-refractivity contribution < 1.29 is 37.9 Å². The second-order valence-electron chi connectivity index (χ2n) is 17.8. The molecular weight excluding hydrogens is 791 g/mol. The van der Waals surface area contributed by atoms with Crippen LogP contribution < -0.4 is 15.1 Å². The van der Waals surface area contributed by atoms with E-state index >= 15 is 0 Å². The van der Waals surface area contributed by atoms with Crippen LogP contribution in [0.2, 0.25) is 23.2 Å². The Morgan fingerprint density at radius 1 is 0.807 bits per heavy atom. The summed E-state index contributed by atoms with van der Waals surface area (Å²) < 4.78 is 19.4. The first-order valence-corrected chi connectivity index (χ1v) is 26.0. The van der Waals surface area contributed by atoms with E-state index in [0.717, 1.165) is 10.4 Å². The summed E-state index contributed by atoms with van der Waals surface area (Å²) in [6, 6.07) is 25.9. The van der Waals surface area contributed by atoms with Gasteiger partial charge in [-0.05, 0) is 75.7 Å². The maximum atomic E-state index is 14.3. The number of likely N-dealkylation sites (tertiary alicyclic amines) is 1. The maximum Gasteiger partial charge on any atom is 0.357 e. The molecule has 9 nitrogen and oxygen atoms in total. The molecule has 0 aliphatic carbocycles. The van der Waals surface area contributed by atoms with Crippen LogP contribution in [0.25, 0.3) is 0 Å². The van der Waals surface area contributed by atoms with Crippen molar-refractivity contribution in [1.82, 2.24) is 4.90 Å². The molecule has 1 aliphatic rings. The van der Waals surface area contributed by atoms with Crippen LogP contribution >= 0.6 is 23.5 Å². The largest absolute Gasteiger partial charge is 0.506 e. The number of aliphatic carboxylic acids is 1. The van der Waals surface area contributed by atoms with E-state index in [2.05, 4.69) is 54.6 Å². The summed E-state index contributed by atoms with van der Waals surface area (Å²) >= 11 is 2.10. The Morgan fingerprint density at radius 3 is 1.84 bits per heavy atom. The van der Waals surface area contributed by atoms with E-state index in [4.69, 9.17) is 13.6 Å². The lowest BCUT2D eigenvalue weighted by Gasteiger charge is -2.47. The predicted octanol–water partition coefficient (Wildman–Crippen LogP) is 9.29. The molecule has 0 spiro atoms. The van der Waals surface area contributed by atoms with Crippen LogP contribution in [0, 0.1) is 11.3 Å². The average Bonchev–Trinajstić information content (AvgIpc) is 3.13. The average molecular weight is 850 g/mol. The molecule has 0 bridgehead atoms. The first-order valence-electron chi connectivity index (χ1n) is 19.4. The lowest BCUT2D eigenvalue weighted by Crippen LogP contribution is -2.67. The van der Waals surface area contributed by atoms with Crippen LogP contribution in [-0.2, 0) is 23.2 Å². The Balaban J connectivity index is 1.75. The fourth-order valence-electron chi connectivity index (χ4n) is 6.33. The van der Waals surface area contributed by atoms with Crippen molar-refractivity contribution in [2.24, 2.45) is 11.3 Å². The summed E-state index contributed by atoms with van der Waals surface area (Å²) in [5.74, 6) is -2.09. The number of β-lactam (4-membered cyclic amide) rings is 1. The normalized spacial score (nSPS) is 17.1. The van der Waals surface area contributed by atoms with Crippen molar-refractivity contribution in [3.05, 3.63) is 101 Å². The van der Waals surface area contributed by atoms with E-state index < -0.39 is 56.0 Å². The fraction of sp³-hybridized carbons (Fsp3) is 0.455. The van der Waals surface area contributed by atoms with Gasteiger partial charge in [-0.25, -0.2) is 9.59 Å². The quantitative estimate of drug-likeness (QED) is 0.0686. The van der Waals surface area contributed by atoms with Gasteiger partial charge in [0.1, 0.15) is 5.75 Å². The molecule has 1 amide bonds. The number of carboxylic acid groups (broad SMARTS) is 1. The number of benzene rings is 3. The summed E-state index contributed by atoms with van der Waals surface area (Å²) in [6.07, 6.45) is 0.437. The van der Waals surface area contributed by atoms with Crippen LogP contribution in [0.15, 0.2) is 95.7 Å². The third-order valence-corrected chi connectivity index (χ3v) is 22.5. The van der Waals surface area contributed by atoms with Crippen molar-refractivity contribution in [3.8, 4) is 5.75 Å². The van der Waals surface area contributed by atoms with Crippen molar-refractivity contribution in [3.63, 3.8) is 0 Å². The number of thioether (sulfide) groups is 2. The number of carbonyl (C=O) groups is 4. The number of carboxylic acids is 1. The first-order chi connectivity index (χ1) is 26.5. The van der Waals surface area contributed by atoms with Crippen LogP contribution in [0.4, 0.5) is 0 Å². The minimum absolute atomic E-state index is 0.00200. The van der Waals surface area contributed by atoms with E-state index in [1.807, 2.05) is 67.6 Å². The monoisotopic (exact) mass is 849 g/mol. The lowest BCUT2D eigenvalue weighted by molar-refractivity contribution is -0.153. The maximum absolute atomic E-state index is 14.3. The predicted molar refractivity (Wildman–Crippen MR) is 237 cm³/mol. The van der Waals surface area contributed by atoms with Crippen molar-refractivity contribution in [1.29, 1.82) is 0 Å². The second-order valence-corrected chi connectivity index (χ2v) is 29.2. The third-order valence-electron chi connectivity index (χ3n) is 10.6. The summed E-state index contributed by atoms with van der Waals surface area (Å²) in [6.45, 7) is 24.5. The van der Waals surface area contributed by atoms with Crippen LogP contribution in [0.1, 0.15) is 86.0 Å². The number of ether oxygens (including phenoxy) is 1. The molecule has 57 heavy (non-hydrogen) atoms. The molecule has 2 atom stereocenters. The van der Waals surface area contributed by atoms with Crippen LogP contribution in [0.5, 0.6) is 5.75 Å². The summed E-state index contributed by atoms with van der Waals surface area (Å²) in [5, 5.41) is 11.0. The lowest BCUT2D eigenvalue weighted by atomic mass is 9.94. The molecule has 1 aliphatic heterocycles. The number of carbonyl (C=O) groups excluding carboxylic acids is 3. The Hall–Kier alpha value is -3.63. The van der Waals surface area contributed by atoms with Gasteiger partial charge >= 0.3 is 20.3 Å². The molecule has 0 saturated carbocycles. The highest BCUT2D eigenvalue weighted by molar-refractivity contribution is 8.16. The second kappa shape index (κ2) is 18.1. The molecule has 1 heterocycles. The van der Waals surface area contributed by atoms with Gasteiger partial charge in [0.15, 0.2) is 19.1 Å². The van der Waals surface area contributed by atoms with E-state index in [9.17, 15) is 24.3 Å². The Kier molecular flexibility index (Phi) is 14.6. The van der Waals surface area contributed by atoms with Crippen molar-refractivity contribution in [2.45, 2.75) is 104 Å². The SMILES string of the molecule is CCS[C@@H]1[C@@H](CCO[Si](C)(C)C(C)(C)C)C(=O)N1C(C(=O)O)=C(Oc1cccc(C(=O)O[Si](c2ccccc2)(c2ccccc2)C(C)(C)C)c1)SC(=O)C(C)(C)C. The molecule has 0 aromatic heterocycles. The Bertz CT molecular complexity index is 1910. The molecular formula is C44H59NO8S2Si2. The van der Waals surface area contributed by atoms with Gasteiger partial charge in [0.25, 0.3) is 0 Å². The van der Waals surface area contributed by atoms with E-state index in [-0.39, 0.29) is 32.5 Å². The van der Waals surface area contributed by atoms with Gasteiger partial charge in [-0.15, -0.1) is 11.8 Å². The standard InChI is InChI=1S/C44H59NO8S2Si2/c1-13-54-37-34(27-28-51-56(11,12)43(5,6)7)36(46)45(37)35(38(47)48)40(55-41(50)42(2,3)4)52-31-22-20-21-30(29-31)39(49)53-57(44(8,9)10,32-23-16-14-17-24-32)33-25-18-15-19-26-33/h14-26,29,34,37H,13,27-28H2,1-12H3,(H,47,48)/t34-,37+/m0/s1. The van der Waals surface area contributed by atoms with Gasteiger partial charge < -0.3 is 18.7 Å². The van der Waals surface area contributed by atoms with Gasteiger partial charge in [-0.1, -0.05) is 136 Å². The third kappa shape index (κ3) is 10.3. The minimum Gasteiger partial charge on any atom is -0.506 e. The van der Waals surface area contributed by atoms with Gasteiger partial charge in [-0.3, -0.25) is 14.5 Å². The molecule has 308 valence electrons. The molecule has 3 aromatic carbocycles. The smallest absolute Gasteiger partial charge is 0.357 e. The van der Waals surface area contributed by atoms with Crippen molar-refractivity contribution >= 4 is 73.5 Å². The summed E-state index contributed by atoms with van der Waals surface area (Å²) in [4.78, 5) is 56.3. The molecule has 1 fully saturated rings. The van der Waals surface area contributed by atoms with Gasteiger partial charge in [0.05, 0.1) is 16.9 Å². The zero-order valence-corrected chi connectivity index (χ0v) is 39.1. The van der Waals surface area contributed by atoms with Crippen LogP contribution in [-0.4, -0.2) is 67.3 Å². The molecule has 1 N–H and O–H groups in total. The van der Waals surface area contributed by atoms with Gasteiger partial charge in [0, 0.05) is 12.0 Å². The van der Waals surface area contributed by atoms with Gasteiger partial charge in [0.2, 0.25) is 11.0 Å². The minimum atomic E-state index is -3.27. The Morgan fingerprint density at radius 2 is 1.37 bits per heavy atom. The number of hydrogen-bond acceptors (Lipinski definition) is 9. The topological polar surface area (TPSA) is 119 Å². The number of rotatable bonds is 15. The van der Waals surface area contributed by atoms with Crippen LogP contribution in [0.3, 0.4) is 0 Å². The number of amides is 1. The molecule has 0 radical (unpaired) electrons. The highest BCUT2D eigenvalue weighted by Crippen LogP contribution is 2.44. The summed E-state index contributed by atoms with van der Waals surface area (Å²) in [5.41, 5.74) is -1.11. The molecule has 1 saturated heterocycles. The van der Waals surface area contributed by atoms with E-state index in [1.165, 1.54) is 22.7 Å². The van der Waals surface area contributed by atoms with E-state index in [1.54, 1.807) is 39.0 Å². The zero-order chi connectivity index (χ0) is 42.6. The number of nitrogens with zero attached hydrogens (tertiary/aromatic N) is 1. The summed E-state index contributed by atoms with van der Waals surface area (Å²) in [7, 11) is -5.35. The first kappa shape index (κ1) is 46.1. The molecule has 0 unspecified atom stereocenters. The van der Waals surface area contributed by atoms with Gasteiger partial charge in [-0.2, -0.15) is 0 Å². The Labute approximate surface area is 349 Å². The molecule has 13 heteroatoms. The molecule has 4 rings (SSSR count). The fourth-order valence-corrected chi connectivity index (χ4v) is 13.8. The molecule has 3 aromatic rings. The number of hydrogen-bond donors (Lipinski definition) is 1. The highest BCUT2D eigenvalue weighted by atomic mass is 32.2. The highest BCUT2D eigenvalue weighted by Gasteiger charge is 2.54. The van der Waals surface area contributed by atoms with E-state index in [0.29, 0.717) is 30.5 Å². The zero-order valence-electron chi connectivity index (χ0n) is 35.4. The van der Waals surface area contributed by atoms with Crippen molar-refractivity contribution in [2.75, 3.05) is 12.4 Å².